The van der Waals surface area contributed by atoms with Gasteiger partial charge in [-0.1, -0.05) is 64.8 Å². The van der Waals surface area contributed by atoms with Crippen LogP contribution >= 0.6 is 34.4 Å². The first-order valence-electron chi connectivity index (χ1n) is 6.95. The molecule has 0 unspecified atom stereocenters. The highest BCUT2D eigenvalue weighted by Crippen LogP contribution is 2.26. The molecule has 4 aromatic rings. The molecule has 0 aliphatic heterocycles. The van der Waals surface area contributed by atoms with E-state index in [-0.39, 0.29) is 0 Å². The zero-order chi connectivity index (χ0) is 15.6. The van der Waals surface area contributed by atoms with Gasteiger partial charge in [-0.25, -0.2) is 0 Å². The Morgan fingerprint density at radius 1 is 1.04 bits per heavy atom. The Morgan fingerprint density at radius 2 is 1.91 bits per heavy atom. The van der Waals surface area contributed by atoms with Crippen molar-refractivity contribution in [2.45, 2.75) is 23.4 Å². The van der Waals surface area contributed by atoms with Crippen LogP contribution in [0.1, 0.15) is 21.4 Å². The van der Waals surface area contributed by atoms with Crippen molar-refractivity contribution in [3.05, 3.63) is 51.7 Å². The van der Waals surface area contributed by atoms with Crippen molar-refractivity contribution >= 4 is 39.4 Å². The molecule has 116 valence electrons. The second-order valence-corrected chi connectivity index (χ2v) is 8.29. The van der Waals surface area contributed by atoms with Gasteiger partial charge in [-0.05, 0) is 12.5 Å². The number of rotatable bonds is 5. The highest BCUT2D eigenvalue weighted by Gasteiger charge is 2.13. The molecule has 0 spiro atoms. The van der Waals surface area contributed by atoms with Crippen molar-refractivity contribution in [3.8, 4) is 0 Å². The molecule has 0 atom stereocenters. The molecule has 0 amide bonds. The molecule has 3 aromatic heterocycles. The summed E-state index contributed by atoms with van der Waals surface area (Å²) in [5, 5.41) is 23.2. The van der Waals surface area contributed by atoms with Crippen molar-refractivity contribution in [2.75, 3.05) is 0 Å². The molecule has 0 bridgehead atoms. The van der Waals surface area contributed by atoms with Gasteiger partial charge in [0.25, 0.3) is 0 Å². The normalized spacial score (nSPS) is 11.3. The van der Waals surface area contributed by atoms with Crippen LogP contribution in [0.4, 0.5) is 0 Å². The molecule has 0 saturated carbocycles. The molecule has 1 aromatic carbocycles. The van der Waals surface area contributed by atoms with E-state index in [1.165, 1.54) is 5.56 Å². The van der Waals surface area contributed by atoms with E-state index in [9.17, 15) is 0 Å². The van der Waals surface area contributed by atoms with Crippen molar-refractivity contribution in [1.29, 1.82) is 0 Å². The largest absolute Gasteiger partial charge is 0.234 e. The summed E-state index contributed by atoms with van der Waals surface area (Å²) in [6.45, 7) is 1.95. The maximum Gasteiger partial charge on any atom is 0.234 e. The van der Waals surface area contributed by atoms with Crippen molar-refractivity contribution < 1.29 is 0 Å². The number of hydrogen-bond acceptors (Lipinski definition) is 8. The van der Waals surface area contributed by atoms with Gasteiger partial charge in [-0.15, -0.1) is 20.4 Å². The monoisotopic (exact) mass is 360 g/mol. The predicted octanol–water partition coefficient (Wildman–Crippen LogP) is 3.23. The lowest BCUT2D eigenvalue weighted by Gasteiger charge is -1.96. The van der Waals surface area contributed by atoms with Gasteiger partial charge in [0.1, 0.15) is 10.0 Å². The van der Waals surface area contributed by atoms with Crippen molar-refractivity contribution in [1.82, 2.24) is 30.0 Å². The van der Waals surface area contributed by atoms with Gasteiger partial charge in [-0.3, -0.25) is 0 Å². The van der Waals surface area contributed by atoms with Gasteiger partial charge in [0.05, 0.1) is 5.75 Å². The fourth-order valence-corrected chi connectivity index (χ4v) is 4.70. The Labute approximate surface area is 144 Å². The Balaban J connectivity index is 1.52. The average Bonchev–Trinajstić information content (AvgIpc) is 3.23. The first kappa shape index (κ1) is 14.7. The minimum absolute atomic E-state index is 0.685. The van der Waals surface area contributed by atoms with E-state index in [2.05, 4.69) is 37.6 Å². The maximum atomic E-state index is 4.65. The van der Waals surface area contributed by atoms with Crippen LogP contribution in [0.15, 0.2) is 34.7 Å². The molecular weight excluding hydrogens is 348 g/mol. The lowest BCUT2D eigenvalue weighted by molar-refractivity contribution is 0.855. The minimum Gasteiger partial charge on any atom is -0.186 e. The molecule has 9 heteroatoms. The summed E-state index contributed by atoms with van der Waals surface area (Å²) in [6, 6.07) is 10.3. The van der Waals surface area contributed by atoms with Crippen LogP contribution in [0, 0.1) is 6.92 Å². The third-order valence-electron chi connectivity index (χ3n) is 3.13. The van der Waals surface area contributed by atoms with E-state index in [0.29, 0.717) is 5.75 Å². The van der Waals surface area contributed by atoms with Gasteiger partial charge in [0, 0.05) is 6.42 Å². The third-order valence-corrected chi connectivity index (χ3v) is 5.99. The summed E-state index contributed by atoms with van der Waals surface area (Å²) >= 11 is 4.78. The molecule has 0 radical (unpaired) electrons. The lowest BCUT2D eigenvalue weighted by Crippen LogP contribution is -1.96. The molecule has 6 nitrogen and oxygen atoms in total. The van der Waals surface area contributed by atoms with Crippen LogP contribution < -0.4 is 0 Å². The Bertz CT molecular complexity index is 926. The second kappa shape index (κ2) is 6.34. The van der Waals surface area contributed by atoms with E-state index >= 15 is 0 Å². The molecule has 0 fully saturated rings. The van der Waals surface area contributed by atoms with Crippen molar-refractivity contribution in [3.63, 3.8) is 0 Å². The minimum atomic E-state index is 0.685. The summed E-state index contributed by atoms with van der Waals surface area (Å²) in [7, 11) is 0. The first-order chi connectivity index (χ1) is 11.3. The predicted molar refractivity (Wildman–Crippen MR) is 92.1 cm³/mol. The van der Waals surface area contributed by atoms with Crippen LogP contribution in [0.2, 0.25) is 0 Å². The quantitative estimate of drug-likeness (QED) is 0.509. The van der Waals surface area contributed by atoms with E-state index in [4.69, 9.17) is 0 Å². The number of nitrogens with zero attached hydrogens (tertiary/aromatic N) is 6. The molecule has 0 aliphatic rings. The number of thioether (sulfide) groups is 1. The van der Waals surface area contributed by atoms with E-state index < -0.39 is 0 Å². The number of benzene rings is 1. The highest BCUT2D eigenvalue weighted by atomic mass is 32.2. The first-order valence-corrected chi connectivity index (χ1v) is 9.56. The number of aryl methyl sites for hydroxylation is 1. The van der Waals surface area contributed by atoms with Crippen LogP contribution in [0.25, 0.3) is 4.96 Å². The van der Waals surface area contributed by atoms with E-state index in [1.807, 2.05) is 29.6 Å². The summed E-state index contributed by atoms with van der Waals surface area (Å²) in [6.07, 6.45) is 0.817. The SMILES string of the molecule is Cc1nnc(SCc2nnc3sc(Cc4ccccc4)nn23)s1. The molecular formula is C14H12N6S3. The van der Waals surface area contributed by atoms with E-state index in [0.717, 1.165) is 31.6 Å². The van der Waals surface area contributed by atoms with Crippen molar-refractivity contribution in [2.24, 2.45) is 0 Å². The van der Waals surface area contributed by atoms with Gasteiger partial charge in [0.15, 0.2) is 10.2 Å². The fourth-order valence-electron chi connectivity index (χ4n) is 2.09. The second-order valence-electron chi connectivity index (χ2n) is 4.84. The van der Waals surface area contributed by atoms with Crippen LogP contribution in [0.5, 0.6) is 0 Å². The topological polar surface area (TPSA) is 68.9 Å². The summed E-state index contributed by atoms with van der Waals surface area (Å²) < 4.78 is 2.78. The molecule has 3 heterocycles. The Morgan fingerprint density at radius 3 is 2.70 bits per heavy atom. The van der Waals surface area contributed by atoms with Crippen LogP contribution in [0.3, 0.4) is 0 Å². The third kappa shape index (κ3) is 3.26. The number of hydrogen-bond donors (Lipinski definition) is 0. The maximum absolute atomic E-state index is 4.65. The Hall–Kier alpha value is -1.84. The summed E-state index contributed by atoms with van der Waals surface area (Å²) in [5.74, 6) is 1.53. The standard InChI is InChI=1S/C14H12N6S3/c1-9-15-18-14(22-9)21-8-11-16-17-13-20(11)19-12(23-13)7-10-5-3-2-4-6-10/h2-6H,7-8H2,1H3. The zero-order valence-corrected chi connectivity index (χ0v) is 14.7. The van der Waals surface area contributed by atoms with Gasteiger partial charge < -0.3 is 0 Å². The molecule has 4 rings (SSSR count). The van der Waals surface area contributed by atoms with Gasteiger partial charge in [0.2, 0.25) is 4.96 Å². The van der Waals surface area contributed by atoms with E-state index in [1.54, 1.807) is 34.4 Å². The number of aromatic nitrogens is 6. The van der Waals surface area contributed by atoms with Gasteiger partial charge >= 0.3 is 0 Å². The van der Waals surface area contributed by atoms with Gasteiger partial charge in [-0.2, -0.15) is 9.61 Å². The number of fused-ring (bicyclic) bond motifs is 1. The zero-order valence-electron chi connectivity index (χ0n) is 12.2. The summed E-state index contributed by atoms with van der Waals surface area (Å²) in [5.41, 5.74) is 1.25. The molecule has 0 aliphatic carbocycles. The van der Waals surface area contributed by atoms with Crippen LogP contribution in [-0.2, 0) is 12.2 Å². The average molecular weight is 360 g/mol. The van der Waals surface area contributed by atoms with Crippen LogP contribution in [-0.4, -0.2) is 30.0 Å². The molecule has 0 N–H and O–H groups in total. The molecule has 23 heavy (non-hydrogen) atoms. The highest BCUT2D eigenvalue weighted by molar-refractivity contribution is 8.00. The molecule has 0 saturated heterocycles. The Kier molecular flexibility index (Phi) is 4.06. The lowest BCUT2D eigenvalue weighted by atomic mass is 10.2. The smallest absolute Gasteiger partial charge is 0.186 e. The summed E-state index contributed by atoms with van der Waals surface area (Å²) in [4.78, 5) is 0.833. The fraction of sp³-hybridized carbons (Fsp3) is 0.214.